The van der Waals surface area contributed by atoms with Crippen molar-refractivity contribution in [1.82, 2.24) is 19.8 Å². The maximum atomic E-state index is 11.6. The number of hydrogen-bond donors (Lipinski definition) is 2. The minimum atomic E-state index is -0.961. The molecule has 1 saturated heterocycles. The van der Waals surface area contributed by atoms with E-state index in [9.17, 15) is 9.90 Å². The minimum Gasteiger partial charge on any atom is -0.497 e. The summed E-state index contributed by atoms with van der Waals surface area (Å²) in [7, 11) is 1.65. The highest BCUT2D eigenvalue weighted by Crippen LogP contribution is 2.40. The average Bonchev–Trinajstić information content (AvgIpc) is 3.49. The van der Waals surface area contributed by atoms with Crippen molar-refractivity contribution < 1.29 is 14.6 Å². The molecule has 2 aromatic carbocycles. The van der Waals surface area contributed by atoms with Gasteiger partial charge in [-0.15, -0.1) is 0 Å². The number of aromatic nitrogens is 2. The monoisotopic (exact) mass is 484 g/mol. The molecule has 0 aliphatic carbocycles. The van der Waals surface area contributed by atoms with Gasteiger partial charge in [-0.3, -0.25) is 4.98 Å². The Hall–Kier alpha value is -4.17. The van der Waals surface area contributed by atoms with E-state index < -0.39 is 5.97 Å². The van der Waals surface area contributed by atoms with Crippen LogP contribution < -0.4 is 10.1 Å². The number of carbonyl (C=O) groups is 1. The molecule has 4 aromatic rings. The maximum absolute atomic E-state index is 11.6. The van der Waals surface area contributed by atoms with Crippen LogP contribution in [0.25, 0.3) is 5.69 Å². The number of nitrogens with zero attached hydrogens (tertiary/aromatic N) is 3. The number of rotatable bonds is 7. The zero-order valence-corrected chi connectivity index (χ0v) is 19.9. The smallest absolute Gasteiger partial charge is 0.335 e. The van der Waals surface area contributed by atoms with Gasteiger partial charge in [-0.2, -0.15) is 0 Å². The van der Waals surface area contributed by atoms with Crippen LogP contribution in [0.15, 0.2) is 91.3 Å². The van der Waals surface area contributed by atoms with Gasteiger partial charge in [0, 0.05) is 30.3 Å². The van der Waals surface area contributed by atoms with Crippen molar-refractivity contribution >= 4 is 23.3 Å². The molecule has 2 aromatic heterocycles. The fourth-order valence-electron chi connectivity index (χ4n) is 4.48. The summed E-state index contributed by atoms with van der Waals surface area (Å²) in [4.78, 5) is 18.3. The lowest BCUT2D eigenvalue weighted by Crippen LogP contribution is -2.30. The molecule has 0 bridgehead atoms. The highest BCUT2D eigenvalue weighted by Gasteiger charge is 2.41. The van der Waals surface area contributed by atoms with Crippen LogP contribution in [-0.2, 0) is 6.54 Å². The molecule has 0 unspecified atom stereocenters. The first-order chi connectivity index (χ1) is 17.0. The first-order valence-corrected chi connectivity index (χ1v) is 11.6. The van der Waals surface area contributed by atoms with Gasteiger partial charge in [0.25, 0.3) is 0 Å². The minimum absolute atomic E-state index is 0.178. The lowest BCUT2D eigenvalue weighted by Gasteiger charge is -2.29. The van der Waals surface area contributed by atoms with Crippen molar-refractivity contribution in [2.24, 2.45) is 0 Å². The van der Waals surface area contributed by atoms with E-state index in [1.807, 2.05) is 71.4 Å². The predicted octanol–water partition coefficient (Wildman–Crippen LogP) is 4.75. The Morgan fingerprint density at radius 2 is 1.91 bits per heavy atom. The summed E-state index contributed by atoms with van der Waals surface area (Å²) in [5.41, 5.74) is 3.95. The zero-order valence-electron chi connectivity index (χ0n) is 19.0. The molecule has 0 amide bonds. The Morgan fingerprint density at radius 3 is 2.63 bits per heavy atom. The number of methoxy groups -OCH3 is 1. The topological polar surface area (TPSA) is 79.6 Å². The molecular formula is C27H24N4O3S. The van der Waals surface area contributed by atoms with Crippen molar-refractivity contribution in [3.05, 3.63) is 114 Å². The molecule has 2 atom stereocenters. The quantitative estimate of drug-likeness (QED) is 0.367. The molecular weight excluding hydrogens is 460 g/mol. The molecule has 0 saturated carbocycles. The molecule has 7 nitrogen and oxygen atoms in total. The third-order valence-corrected chi connectivity index (χ3v) is 6.52. The van der Waals surface area contributed by atoms with Gasteiger partial charge in [-0.25, -0.2) is 4.79 Å². The predicted molar refractivity (Wildman–Crippen MR) is 137 cm³/mol. The third-order valence-electron chi connectivity index (χ3n) is 6.16. The highest BCUT2D eigenvalue weighted by atomic mass is 32.1. The van der Waals surface area contributed by atoms with Gasteiger partial charge in [0.2, 0.25) is 0 Å². The lowest BCUT2D eigenvalue weighted by atomic mass is 10.0. The van der Waals surface area contributed by atoms with Crippen molar-refractivity contribution in [3.8, 4) is 11.4 Å². The van der Waals surface area contributed by atoms with Crippen LogP contribution in [0.1, 0.15) is 39.4 Å². The molecule has 1 aliphatic heterocycles. The van der Waals surface area contributed by atoms with Crippen LogP contribution in [0.3, 0.4) is 0 Å². The second-order valence-electron chi connectivity index (χ2n) is 8.26. The lowest BCUT2D eigenvalue weighted by molar-refractivity contribution is 0.0697. The van der Waals surface area contributed by atoms with Crippen LogP contribution >= 0.6 is 12.2 Å². The molecule has 0 spiro atoms. The van der Waals surface area contributed by atoms with Crippen LogP contribution in [0.5, 0.6) is 5.75 Å². The van der Waals surface area contributed by atoms with Crippen molar-refractivity contribution in [2.75, 3.05) is 7.11 Å². The molecule has 176 valence electrons. The maximum Gasteiger partial charge on any atom is 0.335 e. The van der Waals surface area contributed by atoms with E-state index in [1.165, 1.54) is 0 Å². The fraction of sp³-hybridized carbons (Fsp3) is 0.148. The van der Waals surface area contributed by atoms with Crippen molar-refractivity contribution in [3.63, 3.8) is 0 Å². The van der Waals surface area contributed by atoms with E-state index in [-0.39, 0.29) is 17.6 Å². The van der Waals surface area contributed by atoms with Crippen molar-refractivity contribution in [2.45, 2.75) is 18.6 Å². The van der Waals surface area contributed by atoms with Gasteiger partial charge in [-0.1, -0.05) is 24.3 Å². The van der Waals surface area contributed by atoms with Gasteiger partial charge in [0.1, 0.15) is 5.75 Å². The van der Waals surface area contributed by atoms with Gasteiger partial charge in [0.15, 0.2) is 5.11 Å². The number of carboxylic acid groups (broad SMARTS) is 1. The van der Waals surface area contributed by atoms with Gasteiger partial charge in [0.05, 0.1) is 30.5 Å². The fourth-order valence-corrected chi connectivity index (χ4v) is 4.79. The van der Waals surface area contributed by atoms with Gasteiger partial charge in [-0.05, 0) is 72.4 Å². The summed E-state index contributed by atoms with van der Waals surface area (Å²) in [6.07, 6.45) is 3.72. The van der Waals surface area contributed by atoms with E-state index in [4.69, 9.17) is 17.0 Å². The van der Waals surface area contributed by atoms with Gasteiger partial charge >= 0.3 is 5.97 Å². The van der Waals surface area contributed by atoms with E-state index in [1.54, 1.807) is 31.5 Å². The molecule has 0 radical (unpaired) electrons. The molecule has 3 heterocycles. The van der Waals surface area contributed by atoms with E-state index in [0.717, 1.165) is 28.4 Å². The Balaban J connectivity index is 1.58. The summed E-state index contributed by atoms with van der Waals surface area (Å²) in [6, 6.07) is 24.4. The molecule has 5 rings (SSSR count). The Kier molecular flexibility index (Phi) is 6.20. The van der Waals surface area contributed by atoms with E-state index in [2.05, 4.69) is 15.2 Å². The molecule has 1 fully saturated rings. The summed E-state index contributed by atoms with van der Waals surface area (Å²) in [5.74, 6) is -0.164. The number of hydrogen-bond acceptors (Lipinski definition) is 4. The number of thiocarbonyl (C=S) groups is 1. The normalized spacial score (nSPS) is 17.3. The number of benzene rings is 2. The summed E-state index contributed by atoms with van der Waals surface area (Å²) < 4.78 is 7.32. The molecule has 2 N–H and O–H groups in total. The zero-order chi connectivity index (χ0) is 24.4. The van der Waals surface area contributed by atoms with Crippen LogP contribution in [0.2, 0.25) is 0 Å². The van der Waals surface area contributed by atoms with E-state index in [0.29, 0.717) is 11.7 Å². The Morgan fingerprint density at radius 1 is 1.09 bits per heavy atom. The summed E-state index contributed by atoms with van der Waals surface area (Å²) >= 11 is 5.81. The number of nitrogens with one attached hydrogen (secondary N) is 1. The van der Waals surface area contributed by atoms with Crippen molar-refractivity contribution in [1.29, 1.82) is 0 Å². The number of ether oxygens (including phenoxy) is 1. The summed E-state index contributed by atoms with van der Waals surface area (Å²) in [5, 5.41) is 13.6. The third kappa shape index (κ3) is 4.48. The Labute approximate surface area is 208 Å². The molecule has 8 heteroatoms. The Bertz CT molecular complexity index is 1350. The number of carboxylic acids is 1. The van der Waals surface area contributed by atoms with Crippen LogP contribution in [0, 0.1) is 0 Å². The molecule has 1 aliphatic rings. The molecule has 35 heavy (non-hydrogen) atoms. The SMILES string of the molecule is COc1ccc(CN2C(=S)N[C@H](c3ccccn3)[C@H]2c2cccn2-c2cccc(C(=O)O)c2)cc1. The van der Waals surface area contributed by atoms with Crippen LogP contribution in [-0.4, -0.2) is 37.7 Å². The second-order valence-corrected chi connectivity index (χ2v) is 8.65. The van der Waals surface area contributed by atoms with Crippen LogP contribution in [0.4, 0.5) is 0 Å². The number of pyridine rings is 1. The number of aromatic carboxylic acids is 1. The first-order valence-electron chi connectivity index (χ1n) is 11.2. The first kappa shape index (κ1) is 22.6. The standard InChI is InChI=1S/C27H24N4O3S/c1-34-21-12-10-18(11-13-21)17-31-25(24(29-27(31)35)22-8-2-3-14-28-22)23-9-5-15-30(23)20-7-4-6-19(16-20)26(32)33/h2-16,24-25H,17H2,1H3,(H,29,35)(H,32,33)/t24-,25-/m1/s1. The van der Waals surface area contributed by atoms with E-state index >= 15 is 0 Å². The largest absolute Gasteiger partial charge is 0.497 e. The second kappa shape index (κ2) is 9.60. The summed E-state index contributed by atoms with van der Waals surface area (Å²) in [6.45, 7) is 0.587. The average molecular weight is 485 g/mol. The highest BCUT2D eigenvalue weighted by molar-refractivity contribution is 7.80. The van der Waals surface area contributed by atoms with Gasteiger partial charge < -0.3 is 24.6 Å².